The van der Waals surface area contributed by atoms with Gasteiger partial charge in [0, 0.05) is 25.3 Å². The van der Waals surface area contributed by atoms with Gasteiger partial charge in [-0.3, -0.25) is 4.79 Å². The number of anilines is 1. The van der Waals surface area contributed by atoms with Crippen LogP contribution in [0.25, 0.3) is 0 Å². The third-order valence-corrected chi connectivity index (χ3v) is 3.99. The molecule has 1 aromatic heterocycles. The normalized spacial score (nSPS) is 10.9. The average molecular weight is 404 g/mol. The topological polar surface area (TPSA) is 106 Å². The molecule has 0 amide bonds. The minimum Gasteiger partial charge on any atom is -0.496 e. The summed E-state index contributed by atoms with van der Waals surface area (Å²) >= 11 is 1.25. The molecule has 28 heavy (non-hydrogen) atoms. The highest BCUT2D eigenvalue weighted by molar-refractivity contribution is 8.02. The first-order valence-electron chi connectivity index (χ1n) is 7.80. The molecule has 146 valence electrons. The number of allylic oxidation sites excluding steroid dienone is 1. The number of benzene rings is 1. The first-order valence-corrected chi connectivity index (χ1v) is 9.03. The Bertz CT molecular complexity index is 913. The Morgan fingerprint density at radius 2 is 2.07 bits per heavy atom. The van der Waals surface area contributed by atoms with Gasteiger partial charge in [-0.1, -0.05) is 0 Å². The van der Waals surface area contributed by atoms with Gasteiger partial charge < -0.3 is 19.5 Å². The summed E-state index contributed by atoms with van der Waals surface area (Å²) in [5.41, 5.74) is 0.229. The van der Waals surface area contributed by atoms with E-state index >= 15 is 0 Å². The Morgan fingerprint density at radius 1 is 1.32 bits per heavy atom. The van der Waals surface area contributed by atoms with Crippen LogP contribution in [0.5, 0.6) is 11.5 Å². The van der Waals surface area contributed by atoms with Gasteiger partial charge in [0.15, 0.2) is 18.3 Å². The van der Waals surface area contributed by atoms with Crippen molar-refractivity contribution in [3.63, 3.8) is 0 Å². The number of ketones is 1. The molecule has 0 spiro atoms. The lowest BCUT2D eigenvalue weighted by Crippen LogP contribution is -2.09. The van der Waals surface area contributed by atoms with Gasteiger partial charge in [-0.2, -0.15) is 5.26 Å². The number of carbonyl (C=O) groups is 1. The van der Waals surface area contributed by atoms with E-state index in [2.05, 4.69) is 15.3 Å². The molecule has 0 aliphatic heterocycles. The highest BCUT2D eigenvalue weighted by Crippen LogP contribution is 2.32. The number of hydrogen-bond donors (Lipinski definition) is 1. The summed E-state index contributed by atoms with van der Waals surface area (Å²) < 4.78 is 29.1. The van der Waals surface area contributed by atoms with Crippen LogP contribution in [0.3, 0.4) is 0 Å². The molecule has 0 saturated carbocycles. The van der Waals surface area contributed by atoms with Crippen molar-refractivity contribution in [2.45, 2.75) is 0 Å². The molecule has 10 heteroatoms. The van der Waals surface area contributed by atoms with E-state index in [0.29, 0.717) is 10.8 Å². The molecule has 0 radical (unpaired) electrons. The molecule has 0 atom stereocenters. The molecular weight excluding hydrogens is 387 g/mol. The molecule has 2 rings (SSSR count). The first-order chi connectivity index (χ1) is 13.5. The van der Waals surface area contributed by atoms with Crippen LogP contribution < -0.4 is 14.8 Å². The van der Waals surface area contributed by atoms with E-state index in [0.717, 1.165) is 12.1 Å². The van der Waals surface area contributed by atoms with Crippen LogP contribution in [0, 0.1) is 17.1 Å². The van der Waals surface area contributed by atoms with Crippen molar-refractivity contribution >= 4 is 23.4 Å². The van der Waals surface area contributed by atoms with Gasteiger partial charge in [-0.25, -0.2) is 14.4 Å². The first kappa shape index (κ1) is 21.1. The summed E-state index contributed by atoms with van der Waals surface area (Å²) in [6, 6.07) is 4.05. The number of nitriles is 1. The molecule has 0 saturated heterocycles. The molecule has 0 bridgehead atoms. The van der Waals surface area contributed by atoms with Crippen LogP contribution >= 0.6 is 11.8 Å². The highest BCUT2D eigenvalue weighted by Gasteiger charge is 2.20. The zero-order valence-electron chi connectivity index (χ0n) is 15.4. The van der Waals surface area contributed by atoms with Crippen LogP contribution in [-0.4, -0.2) is 43.0 Å². The lowest BCUT2D eigenvalue weighted by Gasteiger charge is -2.14. The van der Waals surface area contributed by atoms with Gasteiger partial charge in [0.2, 0.25) is 0 Å². The Kier molecular flexibility index (Phi) is 7.74. The Hall–Kier alpha value is -3.16. The molecule has 0 aliphatic carbocycles. The van der Waals surface area contributed by atoms with Crippen molar-refractivity contribution in [1.82, 2.24) is 9.97 Å². The van der Waals surface area contributed by atoms with Crippen LogP contribution in [-0.2, 0) is 4.74 Å². The second kappa shape index (κ2) is 10.2. The molecule has 1 N–H and O–H groups in total. The zero-order chi connectivity index (χ0) is 20.5. The molecular formula is C18H17FN4O4S. The molecule has 0 aliphatic rings. The SMILES string of the molecule is COCOc1cc(F)cc(OC)c1C(=O)/C=C(/Nc1cnc(C#N)cn1)SC. The summed E-state index contributed by atoms with van der Waals surface area (Å²) in [5.74, 6) is -0.695. The molecule has 0 unspecified atom stereocenters. The summed E-state index contributed by atoms with van der Waals surface area (Å²) in [4.78, 5) is 20.8. The molecule has 0 fully saturated rings. The molecule has 1 heterocycles. The maximum absolute atomic E-state index is 13.8. The van der Waals surface area contributed by atoms with Crippen molar-refractivity contribution in [2.75, 3.05) is 32.6 Å². The van der Waals surface area contributed by atoms with Crippen molar-refractivity contribution < 1.29 is 23.4 Å². The zero-order valence-corrected chi connectivity index (χ0v) is 16.2. The molecule has 2 aromatic rings. The fourth-order valence-corrected chi connectivity index (χ4v) is 2.54. The number of nitrogens with one attached hydrogen (secondary N) is 1. The molecule has 8 nitrogen and oxygen atoms in total. The average Bonchev–Trinajstić information content (AvgIpc) is 2.71. The fourth-order valence-electron chi connectivity index (χ4n) is 2.11. The number of hydrogen-bond acceptors (Lipinski definition) is 9. The van der Waals surface area contributed by atoms with Crippen molar-refractivity contribution in [3.8, 4) is 17.6 Å². The standard InChI is InChI=1S/C18H17FN4O4S/c1-25-10-27-15-5-11(19)4-14(26-2)18(15)13(24)6-17(28-3)23-16-9-21-12(7-20)8-22-16/h4-6,8-9H,10H2,1-3H3,(H,22,23)/b17-6-. The number of nitrogens with zero attached hydrogens (tertiary/aromatic N) is 3. The second-order valence-electron chi connectivity index (χ2n) is 5.13. The van der Waals surface area contributed by atoms with Crippen LogP contribution in [0.4, 0.5) is 10.2 Å². The van der Waals surface area contributed by atoms with E-state index in [1.807, 2.05) is 6.07 Å². The van der Waals surface area contributed by atoms with Crippen molar-refractivity contribution in [1.29, 1.82) is 5.26 Å². The minimum atomic E-state index is -0.612. The Morgan fingerprint density at radius 3 is 2.64 bits per heavy atom. The number of rotatable bonds is 9. The minimum absolute atomic E-state index is 0.00133. The number of carbonyl (C=O) groups excluding carboxylic acids is 1. The quantitative estimate of drug-likeness (QED) is 0.383. The van der Waals surface area contributed by atoms with E-state index in [1.54, 1.807) is 6.26 Å². The molecule has 1 aromatic carbocycles. The number of ether oxygens (including phenoxy) is 3. The lowest BCUT2D eigenvalue weighted by molar-refractivity contribution is 0.0499. The monoisotopic (exact) mass is 404 g/mol. The number of thioether (sulfide) groups is 1. The van der Waals surface area contributed by atoms with Gasteiger partial charge in [-0.15, -0.1) is 11.8 Å². The van der Waals surface area contributed by atoms with Crippen molar-refractivity contribution in [2.24, 2.45) is 0 Å². The Balaban J connectivity index is 2.35. The second-order valence-corrected chi connectivity index (χ2v) is 5.98. The van der Waals surface area contributed by atoms with Crippen LogP contribution in [0.1, 0.15) is 16.1 Å². The van der Waals surface area contributed by atoms with E-state index in [-0.39, 0.29) is 29.5 Å². The fraction of sp³-hybridized carbons (Fsp3) is 0.222. The summed E-state index contributed by atoms with van der Waals surface area (Å²) in [5, 5.41) is 12.1. The summed E-state index contributed by atoms with van der Waals surface area (Å²) in [7, 11) is 2.74. The van der Waals surface area contributed by atoms with Gasteiger partial charge >= 0.3 is 0 Å². The van der Waals surface area contributed by atoms with E-state index in [4.69, 9.17) is 19.5 Å². The maximum Gasteiger partial charge on any atom is 0.195 e. The largest absolute Gasteiger partial charge is 0.496 e. The van der Waals surface area contributed by atoms with Gasteiger partial charge in [0.05, 0.1) is 24.5 Å². The van der Waals surface area contributed by atoms with E-state index < -0.39 is 11.6 Å². The predicted molar refractivity (Wildman–Crippen MR) is 102 cm³/mol. The maximum atomic E-state index is 13.8. The third-order valence-electron chi connectivity index (χ3n) is 3.33. The van der Waals surface area contributed by atoms with E-state index in [9.17, 15) is 9.18 Å². The number of methoxy groups -OCH3 is 2. The lowest BCUT2D eigenvalue weighted by atomic mass is 10.1. The van der Waals surface area contributed by atoms with Crippen LogP contribution in [0.15, 0.2) is 35.6 Å². The van der Waals surface area contributed by atoms with Crippen molar-refractivity contribution in [3.05, 3.63) is 52.7 Å². The predicted octanol–water partition coefficient (Wildman–Crippen LogP) is 2.98. The van der Waals surface area contributed by atoms with Gasteiger partial charge in [0.25, 0.3) is 0 Å². The number of halogens is 1. The third kappa shape index (κ3) is 5.42. The summed E-state index contributed by atoms with van der Waals surface area (Å²) in [6.45, 7) is -0.162. The van der Waals surface area contributed by atoms with E-state index in [1.165, 1.54) is 44.5 Å². The van der Waals surface area contributed by atoms with Crippen LogP contribution in [0.2, 0.25) is 0 Å². The number of aromatic nitrogens is 2. The smallest absolute Gasteiger partial charge is 0.195 e. The highest BCUT2D eigenvalue weighted by atomic mass is 32.2. The van der Waals surface area contributed by atoms with Gasteiger partial charge in [-0.05, 0) is 6.26 Å². The Labute approximate surface area is 165 Å². The van der Waals surface area contributed by atoms with Gasteiger partial charge in [0.1, 0.15) is 34.8 Å². The summed E-state index contributed by atoms with van der Waals surface area (Å²) in [6.07, 6.45) is 5.74.